The number of hydrogen-bond donors (Lipinski definition) is 1. The van der Waals surface area contributed by atoms with Crippen molar-refractivity contribution in [2.24, 2.45) is 5.10 Å². The van der Waals surface area contributed by atoms with Gasteiger partial charge in [-0.25, -0.2) is 22.1 Å². The van der Waals surface area contributed by atoms with E-state index in [1.807, 2.05) is 0 Å². The number of rotatable bonds is 7. The molecule has 160 valence electrons. The lowest BCUT2D eigenvalue weighted by atomic mass is 9.86. The molecule has 0 unspecified atom stereocenters. The molecule has 11 heteroatoms. The third-order valence-corrected chi connectivity index (χ3v) is 5.35. The van der Waals surface area contributed by atoms with E-state index >= 15 is 0 Å². The van der Waals surface area contributed by atoms with Crippen LogP contribution < -0.4 is 4.72 Å². The fourth-order valence-electron chi connectivity index (χ4n) is 2.26. The molecule has 0 fully saturated rings. The highest BCUT2D eigenvalue weighted by atomic mass is 32.2. The van der Waals surface area contributed by atoms with Gasteiger partial charge in [-0.05, 0) is 26.8 Å². The van der Waals surface area contributed by atoms with E-state index in [-0.39, 0.29) is 0 Å². The minimum absolute atomic E-state index is 0.705. The second-order valence-corrected chi connectivity index (χ2v) is 9.34. The highest BCUT2D eigenvalue weighted by Gasteiger charge is 2.47. The lowest BCUT2D eigenvalue weighted by Gasteiger charge is -2.35. The summed E-state index contributed by atoms with van der Waals surface area (Å²) in [5.74, 6) is -2.89. The Balaban J connectivity index is 3.66. The maximum atomic E-state index is 14.4. The summed E-state index contributed by atoms with van der Waals surface area (Å²) in [5, 5.41) is 4.19. The van der Waals surface area contributed by atoms with Crippen molar-refractivity contribution in [3.05, 3.63) is 35.4 Å². The van der Waals surface area contributed by atoms with Crippen molar-refractivity contribution in [2.75, 3.05) is 20.8 Å². The Morgan fingerprint density at radius 3 is 2.18 bits per heavy atom. The monoisotopic (exact) mass is 431 g/mol. The molecule has 4 nitrogen and oxygen atoms in total. The fraction of sp³-hybridized carbons (Fsp3) is 0.588. The van der Waals surface area contributed by atoms with Crippen LogP contribution in [0.25, 0.3) is 0 Å². The van der Waals surface area contributed by atoms with E-state index < -0.39 is 63.5 Å². The topological polar surface area (TPSA) is 44.7 Å². The van der Waals surface area contributed by atoms with Crippen LogP contribution in [0.2, 0.25) is 0 Å². The van der Waals surface area contributed by atoms with Gasteiger partial charge in [0.2, 0.25) is 0 Å². The minimum atomic E-state index is -4.97. The average Bonchev–Trinajstić information content (AvgIpc) is 2.53. The van der Waals surface area contributed by atoms with Gasteiger partial charge in [0.25, 0.3) is 0 Å². The van der Waals surface area contributed by atoms with Crippen LogP contribution in [0.15, 0.2) is 23.3 Å². The molecule has 0 heterocycles. The Labute approximate surface area is 162 Å². The average molecular weight is 431 g/mol. The predicted molar refractivity (Wildman–Crippen MR) is 96.8 cm³/mol. The quantitative estimate of drug-likeness (QED) is 0.402. The van der Waals surface area contributed by atoms with Crippen LogP contribution in [0.5, 0.6) is 0 Å². The maximum absolute atomic E-state index is 14.4. The first-order valence-electron chi connectivity index (χ1n) is 8.16. The number of alkyl halides is 4. The van der Waals surface area contributed by atoms with Gasteiger partial charge in [0, 0.05) is 26.1 Å². The van der Waals surface area contributed by atoms with Crippen LogP contribution in [-0.2, 0) is 16.5 Å². The van der Waals surface area contributed by atoms with Crippen molar-refractivity contribution in [1.82, 2.24) is 9.73 Å². The number of hydrogen-bond acceptors (Lipinski definition) is 3. The van der Waals surface area contributed by atoms with Crippen LogP contribution in [0.4, 0.5) is 26.3 Å². The molecule has 0 saturated carbocycles. The Bertz CT molecular complexity index is 745. The van der Waals surface area contributed by atoms with Gasteiger partial charge in [-0.2, -0.15) is 18.3 Å². The summed E-state index contributed by atoms with van der Waals surface area (Å²) in [5.41, 5.74) is -4.59. The van der Waals surface area contributed by atoms with Gasteiger partial charge in [-0.15, -0.1) is 0 Å². The van der Waals surface area contributed by atoms with E-state index in [2.05, 4.69) is 9.82 Å². The third-order valence-electron chi connectivity index (χ3n) is 3.66. The molecule has 1 N–H and O–H groups in total. The van der Waals surface area contributed by atoms with Crippen LogP contribution in [-0.4, -0.2) is 46.6 Å². The Morgan fingerprint density at radius 1 is 1.18 bits per heavy atom. The molecule has 0 amide bonds. The van der Waals surface area contributed by atoms with Gasteiger partial charge in [-0.1, -0.05) is 12.1 Å². The zero-order valence-electron chi connectivity index (χ0n) is 16.1. The maximum Gasteiger partial charge on any atom is 0.431 e. The molecule has 1 aromatic carbocycles. The molecular weight excluding hydrogens is 408 g/mol. The van der Waals surface area contributed by atoms with Crippen molar-refractivity contribution < 1.29 is 30.6 Å². The molecule has 1 aromatic rings. The van der Waals surface area contributed by atoms with Crippen molar-refractivity contribution in [1.29, 1.82) is 0 Å². The molecular formula is C17H23F6N3OS. The van der Waals surface area contributed by atoms with E-state index in [4.69, 9.17) is 0 Å². The molecule has 0 aliphatic heterocycles. The van der Waals surface area contributed by atoms with E-state index in [0.29, 0.717) is 0 Å². The van der Waals surface area contributed by atoms with E-state index in [1.165, 1.54) is 34.9 Å². The molecule has 0 aromatic heterocycles. The number of hydrazone groups is 1. The molecule has 2 atom stereocenters. The number of halogens is 6. The molecule has 0 spiro atoms. The first-order valence-corrected chi connectivity index (χ1v) is 9.31. The van der Waals surface area contributed by atoms with Gasteiger partial charge in [0.05, 0.1) is 21.3 Å². The van der Waals surface area contributed by atoms with E-state index in [1.54, 1.807) is 0 Å². The van der Waals surface area contributed by atoms with Gasteiger partial charge < -0.3 is 5.01 Å². The summed E-state index contributed by atoms with van der Waals surface area (Å²) in [6, 6.07) is 2.74. The molecule has 1 rings (SSSR count). The molecule has 0 aliphatic rings. The molecule has 0 aliphatic carbocycles. The summed E-state index contributed by atoms with van der Waals surface area (Å²) in [7, 11) is 0.364. The smallest absolute Gasteiger partial charge is 0.303 e. The first-order chi connectivity index (χ1) is 12.6. The summed E-state index contributed by atoms with van der Waals surface area (Å²) >= 11 is 0. The highest BCUT2D eigenvalue weighted by molar-refractivity contribution is 7.84. The molecule has 0 radical (unpaired) electrons. The van der Waals surface area contributed by atoms with Crippen molar-refractivity contribution in [3.8, 4) is 0 Å². The molecule has 0 bridgehead atoms. The van der Waals surface area contributed by atoms with Crippen molar-refractivity contribution in [2.45, 2.75) is 43.7 Å². The summed E-state index contributed by atoms with van der Waals surface area (Å²) in [4.78, 5) is 0. The van der Waals surface area contributed by atoms with Crippen LogP contribution in [0.1, 0.15) is 32.8 Å². The van der Waals surface area contributed by atoms with Crippen LogP contribution >= 0.6 is 0 Å². The Morgan fingerprint density at radius 2 is 1.75 bits per heavy atom. The highest BCUT2D eigenvalue weighted by Crippen LogP contribution is 2.35. The Kier molecular flexibility index (Phi) is 7.68. The second kappa shape index (κ2) is 8.81. The molecule has 0 saturated heterocycles. The summed E-state index contributed by atoms with van der Waals surface area (Å²) < 4.78 is 96.6. The first kappa shape index (κ1) is 24.4. The lowest BCUT2D eigenvalue weighted by Crippen LogP contribution is -2.52. The fourth-order valence-corrected chi connectivity index (χ4v) is 3.15. The van der Waals surface area contributed by atoms with Crippen molar-refractivity contribution in [3.63, 3.8) is 0 Å². The third kappa shape index (κ3) is 5.94. The van der Waals surface area contributed by atoms with Gasteiger partial charge >= 0.3 is 6.18 Å². The normalized spacial score (nSPS) is 16.6. The number of nitrogens with zero attached hydrogens (tertiary/aromatic N) is 2. The van der Waals surface area contributed by atoms with E-state index in [0.717, 1.165) is 23.2 Å². The second-order valence-electron chi connectivity index (χ2n) is 7.37. The molecule has 28 heavy (non-hydrogen) atoms. The van der Waals surface area contributed by atoms with Crippen LogP contribution in [0.3, 0.4) is 0 Å². The van der Waals surface area contributed by atoms with Crippen molar-refractivity contribution >= 4 is 16.7 Å². The lowest BCUT2D eigenvalue weighted by molar-refractivity contribution is -0.0630. The van der Waals surface area contributed by atoms with Gasteiger partial charge in [-0.3, -0.25) is 0 Å². The largest absolute Gasteiger partial charge is 0.431 e. The van der Waals surface area contributed by atoms with Gasteiger partial charge in [0.15, 0.2) is 11.6 Å². The standard InChI is InChI=1S/C17H23F6N3OS/c1-15(2,3)28(27)25-16(10-18,11-7-6-8-12(19)14(11)20)9-13(17(21,22)23)24-26(4)5/h6-8,25H,9-10H2,1-5H3/t16-,28-/m1/s1. The zero-order chi connectivity index (χ0) is 21.9. The van der Waals surface area contributed by atoms with E-state index in [9.17, 15) is 30.6 Å². The predicted octanol–water partition coefficient (Wildman–Crippen LogP) is 4.05. The minimum Gasteiger partial charge on any atom is -0.303 e. The van der Waals surface area contributed by atoms with Crippen LogP contribution in [0, 0.1) is 11.6 Å². The van der Waals surface area contributed by atoms with Gasteiger partial charge in [0.1, 0.15) is 12.4 Å². The Hall–Kier alpha value is -1.62. The summed E-state index contributed by atoms with van der Waals surface area (Å²) in [6.45, 7) is 2.91. The SMILES string of the molecule is CN(C)N=C(C[C@](CF)(N[S@](=O)C(C)(C)C)c1cccc(F)c1F)C(F)(F)F. The zero-order valence-corrected chi connectivity index (χ0v) is 16.9. The number of benzene rings is 1. The number of nitrogens with one attached hydrogen (secondary N) is 1. The summed E-state index contributed by atoms with van der Waals surface area (Å²) in [6.07, 6.45) is -6.17.